The summed E-state index contributed by atoms with van der Waals surface area (Å²) in [6.45, 7) is 9.51. The minimum absolute atomic E-state index is 0.144. The van der Waals surface area contributed by atoms with Crippen molar-refractivity contribution < 1.29 is 51.8 Å². The maximum absolute atomic E-state index is 14.1. The van der Waals surface area contributed by atoms with Crippen molar-refractivity contribution in [2.75, 3.05) is 49.6 Å². The van der Waals surface area contributed by atoms with Crippen molar-refractivity contribution in [3.63, 3.8) is 0 Å². The van der Waals surface area contributed by atoms with Crippen LogP contribution in [-0.2, 0) is 51.5 Å². The molecule has 9 N–H and O–H groups in total. The van der Waals surface area contributed by atoms with E-state index in [1.54, 1.807) is 71.6 Å². The summed E-state index contributed by atoms with van der Waals surface area (Å²) in [7, 11) is -3.72. The molecule has 3 aliphatic rings. The molecule has 5 aromatic carbocycles. The Morgan fingerprint density at radius 3 is 1.88 bits per heavy atom. The molecule has 492 valence electrons. The van der Waals surface area contributed by atoms with E-state index in [0.717, 1.165) is 50.7 Å². The number of hydrogen-bond acceptors (Lipinski definition) is 16. The van der Waals surface area contributed by atoms with Gasteiger partial charge in [-0.25, -0.2) is 18.0 Å². The summed E-state index contributed by atoms with van der Waals surface area (Å²) < 4.78 is 39.9. The highest BCUT2D eigenvalue weighted by Crippen LogP contribution is 2.35. The molecule has 2 saturated carbocycles. The van der Waals surface area contributed by atoms with Crippen molar-refractivity contribution in [3.8, 4) is 33.9 Å². The second-order valence-corrected chi connectivity index (χ2v) is 27.4. The summed E-state index contributed by atoms with van der Waals surface area (Å²) >= 11 is 3.48. The average Bonchev–Trinajstić information content (AvgIpc) is 1.40. The van der Waals surface area contributed by atoms with E-state index in [-0.39, 0.29) is 53.2 Å². The first kappa shape index (κ1) is 68.4. The lowest BCUT2D eigenvalue weighted by Crippen LogP contribution is -2.52. The number of aromatic nitrogens is 8. The lowest BCUT2D eigenvalue weighted by molar-refractivity contribution is -0.130. The van der Waals surface area contributed by atoms with Gasteiger partial charge >= 0.3 is 12.2 Å². The zero-order valence-corrected chi connectivity index (χ0v) is 54.6. The minimum atomic E-state index is -3.72. The van der Waals surface area contributed by atoms with E-state index in [2.05, 4.69) is 78.4 Å². The van der Waals surface area contributed by atoms with Crippen LogP contribution in [-0.4, -0.2) is 152 Å². The van der Waals surface area contributed by atoms with Crippen LogP contribution in [0.4, 0.5) is 21.0 Å². The SMILES string of the molecule is CC(C)(C)OC(=O)NCC1CCC(C(=O)N(c2ccc(-c3nn[nH]n3)cc2)[C@@H](Cc2cccc(Br)c2)C(N)=O)CC1.Cc1ccc(S(=O)(=O)N2CCOCC2)cc1-c1cccc(C[C@H](NC(=O)C2CCC(CNC(=O)O)CC2)C(=O)Nc2ccc(-c3nn[nH]n3)cc2)c1. The molecule has 93 heavy (non-hydrogen) atoms. The van der Waals surface area contributed by atoms with Crippen molar-refractivity contribution in [2.24, 2.45) is 29.4 Å². The minimum Gasteiger partial charge on any atom is -0.465 e. The number of anilines is 2. The number of ether oxygens (including phenoxy) is 2. The third kappa shape index (κ3) is 19.1. The van der Waals surface area contributed by atoms with Gasteiger partial charge < -0.3 is 41.6 Å². The lowest BCUT2D eigenvalue weighted by atomic mass is 9.81. The second-order valence-electron chi connectivity index (χ2n) is 24.5. The van der Waals surface area contributed by atoms with Gasteiger partial charge in [-0.05, 0) is 202 Å². The van der Waals surface area contributed by atoms with E-state index < -0.39 is 51.7 Å². The number of amides is 6. The fourth-order valence-electron chi connectivity index (χ4n) is 11.8. The maximum atomic E-state index is 14.1. The molecule has 7 aromatic rings. The van der Waals surface area contributed by atoms with E-state index in [0.29, 0.717) is 107 Å². The van der Waals surface area contributed by atoms with Gasteiger partial charge in [0.25, 0.3) is 0 Å². The molecule has 3 heterocycles. The maximum Gasteiger partial charge on any atom is 0.407 e. The van der Waals surface area contributed by atoms with Crippen LogP contribution < -0.4 is 31.9 Å². The van der Waals surface area contributed by atoms with Gasteiger partial charge in [0.05, 0.1) is 18.1 Å². The van der Waals surface area contributed by atoms with Gasteiger partial charge in [0.1, 0.15) is 17.7 Å². The fourth-order valence-corrected chi connectivity index (χ4v) is 13.6. The Morgan fingerprint density at radius 2 is 1.31 bits per heavy atom. The number of rotatable bonds is 21. The first-order chi connectivity index (χ1) is 44.6. The van der Waals surface area contributed by atoms with Crippen LogP contribution in [0.1, 0.15) is 88.8 Å². The summed E-state index contributed by atoms with van der Waals surface area (Å²) in [5.41, 5.74) is 12.0. The zero-order valence-electron chi connectivity index (χ0n) is 52.2. The number of alkyl carbamates (subject to hydrolysis) is 1. The summed E-state index contributed by atoms with van der Waals surface area (Å²) in [6.07, 6.45) is 4.31. The normalized spacial score (nSPS) is 18.3. The van der Waals surface area contributed by atoms with Gasteiger partial charge in [-0.3, -0.25) is 24.1 Å². The third-order valence-electron chi connectivity index (χ3n) is 16.7. The van der Waals surface area contributed by atoms with Crippen LogP contribution in [0.2, 0.25) is 0 Å². The Hall–Kier alpha value is -8.99. The Bertz CT molecular complexity index is 3800. The van der Waals surface area contributed by atoms with E-state index in [1.807, 2.05) is 76.2 Å². The van der Waals surface area contributed by atoms with Crippen LogP contribution in [0.25, 0.3) is 33.9 Å². The number of aromatic amines is 2. The highest BCUT2D eigenvalue weighted by atomic mass is 79.9. The molecule has 28 heteroatoms. The molecule has 2 aliphatic carbocycles. The summed E-state index contributed by atoms with van der Waals surface area (Å²) in [4.78, 5) is 79.2. The number of aryl methyl sites for hydroxylation is 1. The van der Waals surface area contributed by atoms with Crippen molar-refractivity contribution in [3.05, 3.63) is 136 Å². The fraction of sp³-hybridized carbons (Fsp3) is 0.415. The molecular weight excluding hydrogens is 1280 g/mol. The summed E-state index contributed by atoms with van der Waals surface area (Å²) in [5.74, 6) is -0.726. The number of primary amides is 1. The van der Waals surface area contributed by atoms with E-state index in [9.17, 15) is 37.2 Å². The largest absolute Gasteiger partial charge is 0.465 e. The van der Waals surface area contributed by atoms with Crippen molar-refractivity contribution in [1.82, 2.24) is 61.5 Å². The number of hydrogen-bond donors (Lipinski definition) is 8. The number of nitrogens with two attached hydrogens (primary N) is 1. The van der Waals surface area contributed by atoms with E-state index >= 15 is 0 Å². The smallest absolute Gasteiger partial charge is 0.407 e. The molecule has 26 nitrogen and oxygen atoms in total. The van der Waals surface area contributed by atoms with Gasteiger partial charge in [-0.2, -0.15) is 14.7 Å². The Kier molecular flexibility index (Phi) is 23.2. The highest BCUT2D eigenvalue weighted by Gasteiger charge is 2.37. The first-order valence-corrected chi connectivity index (χ1v) is 33.2. The number of carbonyl (C=O) groups is 6. The van der Waals surface area contributed by atoms with Crippen molar-refractivity contribution >= 4 is 73.1 Å². The van der Waals surface area contributed by atoms with Crippen LogP contribution in [0, 0.1) is 30.6 Å². The third-order valence-corrected chi connectivity index (χ3v) is 19.1. The number of nitrogens with one attached hydrogen (secondary N) is 6. The number of H-pyrrole nitrogens is 2. The van der Waals surface area contributed by atoms with Gasteiger partial charge in [-0.1, -0.05) is 58.4 Å². The second kappa shape index (κ2) is 31.6. The molecule has 0 unspecified atom stereocenters. The first-order valence-electron chi connectivity index (χ1n) is 30.9. The summed E-state index contributed by atoms with van der Waals surface area (Å²) in [6, 6.07) is 32.5. The number of morpholine rings is 1. The standard InChI is InChI=1S/C36H42N8O7S.C29H36BrN7O4/c1-23-5-14-30(52(49,50)44-15-17-51-18-16-44)21-31(23)28-4-2-3-25(19-28)20-32(39-34(45)27-8-6-24(7-9-27)22-37-36(47)48)35(46)38-29-12-10-26(11-13-29)33-40-42-43-41-33;1-29(2,3)41-28(40)32-17-18-7-9-21(10-8-18)27(39)37(23-13-11-20(12-14-23)26-33-35-36-34-26)24(25(31)38)16-19-5-4-6-22(30)15-19/h2-5,10-14,19,21,24,27,32,37H,6-9,15-18,20,22H2,1H3,(H,38,46)(H,39,45)(H,47,48)(H,40,41,42,43);4-6,11-15,18,21,24H,7-10,16-17H2,1-3H3,(H2,31,38)(H,32,40)(H,33,34,35,36)/t24?,27?,32-;18?,21?,24-/m00/s1. The van der Waals surface area contributed by atoms with Gasteiger partial charge in [0.15, 0.2) is 0 Å². The van der Waals surface area contributed by atoms with Crippen molar-refractivity contribution in [1.29, 1.82) is 0 Å². The number of halogens is 1. The molecule has 2 atom stereocenters. The van der Waals surface area contributed by atoms with Crippen LogP contribution >= 0.6 is 15.9 Å². The molecule has 0 radical (unpaired) electrons. The molecule has 0 bridgehead atoms. The molecule has 6 amide bonds. The van der Waals surface area contributed by atoms with Gasteiger partial charge in [0, 0.05) is 77.8 Å². The lowest BCUT2D eigenvalue weighted by Gasteiger charge is -2.36. The van der Waals surface area contributed by atoms with Crippen molar-refractivity contribution in [2.45, 2.75) is 114 Å². The molecule has 2 aromatic heterocycles. The number of carbonyl (C=O) groups excluding carboxylic acids is 5. The van der Waals surface area contributed by atoms with E-state index in [4.69, 9.17) is 20.3 Å². The molecule has 1 saturated heterocycles. The number of carboxylic acid groups (broad SMARTS) is 1. The van der Waals surface area contributed by atoms with Gasteiger partial charge in [-0.15, -0.1) is 20.4 Å². The number of benzene rings is 5. The topological polar surface area (TPSA) is 365 Å². The van der Waals surface area contributed by atoms with Gasteiger partial charge in [0.2, 0.25) is 45.3 Å². The van der Waals surface area contributed by atoms with Crippen LogP contribution in [0.3, 0.4) is 0 Å². The monoisotopic (exact) mass is 1360 g/mol. The zero-order chi connectivity index (χ0) is 66.2. The predicted molar refractivity (Wildman–Crippen MR) is 349 cm³/mol. The number of sulfonamides is 1. The van der Waals surface area contributed by atoms with Crippen LogP contribution in [0.15, 0.2) is 125 Å². The number of nitrogens with zero attached hydrogens (tertiary/aromatic N) is 8. The predicted octanol–water partition coefficient (Wildman–Crippen LogP) is 7.99. The average molecular weight is 1360 g/mol. The molecule has 10 rings (SSSR count). The Labute approximate surface area is 547 Å². The quantitative estimate of drug-likeness (QED) is 0.0338. The van der Waals surface area contributed by atoms with E-state index in [1.165, 1.54) is 4.31 Å². The Morgan fingerprint density at radius 1 is 0.731 bits per heavy atom. The molecule has 0 spiro atoms. The highest BCUT2D eigenvalue weighted by molar-refractivity contribution is 9.10. The van der Waals surface area contributed by atoms with Crippen LogP contribution in [0.5, 0.6) is 0 Å². The number of tetrazole rings is 2. The Balaban J connectivity index is 0.000000226. The molecule has 3 fully saturated rings. The molecule has 1 aliphatic heterocycles. The summed E-state index contributed by atoms with van der Waals surface area (Å²) in [5, 5.41) is 48.1. The molecular formula is C65H78BrN15O11S.